The third kappa shape index (κ3) is 4.24. The van der Waals surface area contributed by atoms with Crippen molar-refractivity contribution in [1.29, 1.82) is 0 Å². The van der Waals surface area contributed by atoms with Crippen molar-refractivity contribution < 1.29 is 14.7 Å². The van der Waals surface area contributed by atoms with Gasteiger partial charge in [-0.15, -0.1) is 0 Å². The first-order valence-corrected chi connectivity index (χ1v) is 8.67. The van der Waals surface area contributed by atoms with Gasteiger partial charge in [0.1, 0.15) is 0 Å². The van der Waals surface area contributed by atoms with Crippen LogP contribution in [0.25, 0.3) is 0 Å². The third-order valence-corrected chi connectivity index (χ3v) is 4.63. The normalized spacial score (nSPS) is 17.8. The molecular formula is C20H22N2O3. The largest absolute Gasteiger partial charge is 0.481 e. The Morgan fingerprint density at radius 1 is 1.12 bits per heavy atom. The highest BCUT2D eigenvalue weighted by molar-refractivity contribution is 5.95. The van der Waals surface area contributed by atoms with Gasteiger partial charge in [-0.3, -0.25) is 14.6 Å². The van der Waals surface area contributed by atoms with E-state index in [2.05, 4.69) is 4.98 Å². The number of amides is 1. The van der Waals surface area contributed by atoms with Crippen molar-refractivity contribution in [3.8, 4) is 0 Å². The minimum absolute atomic E-state index is 0.0315. The first kappa shape index (κ1) is 17.1. The van der Waals surface area contributed by atoms with Gasteiger partial charge in [-0.05, 0) is 48.2 Å². The monoisotopic (exact) mass is 338 g/mol. The molecule has 0 radical (unpaired) electrons. The lowest BCUT2D eigenvalue weighted by Crippen LogP contribution is -2.34. The van der Waals surface area contributed by atoms with Gasteiger partial charge in [0, 0.05) is 24.5 Å². The van der Waals surface area contributed by atoms with Crippen molar-refractivity contribution in [1.82, 2.24) is 9.88 Å². The summed E-state index contributed by atoms with van der Waals surface area (Å²) in [5, 5.41) is 8.97. The van der Waals surface area contributed by atoms with Crippen molar-refractivity contribution in [2.75, 3.05) is 6.54 Å². The third-order valence-electron chi connectivity index (χ3n) is 4.63. The summed E-state index contributed by atoms with van der Waals surface area (Å²) >= 11 is 0. The predicted molar refractivity (Wildman–Crippen MR) is 94.3 cm³/mol. The molecule has 1 aromatic carbocycles. The number of nitrogens with zero attached hydrogens (tertiary/aromatic N) is 2. The van der Waals surface area contributed by atoms with Crippen LogP contribution in [0.5, 0.6) is 0 Å². The molecule has 5 nitrogen and oxygen atoms in total. The molecule has 1 saturated heterocycles. The van der Waals surface area contributed by atoms with E-state index in [0.29, 0.717) is 11.1 Å². The lowest BCUT2D eigenvalue weighted by atomic mass is 10.0. The molecule has 25 heavy (non-hydrogen) atoms. The van der Waals surface area contributed by atoms with Gasteiger partial charge in [0.05, 0.1) is 12.5 Å². The van der Waals surface area contributed by atoms with Crippen molar-refractivity contribution in [2.24, 2.45) is 0 Å². The standard InChI is InChI=1S/C20H22N2O3/c23-19(24)14-15-5-4-6-17(13-15)20(25)22-12-3-1-2-7-18(22)16-8-10-21-11-9-16/h4-6,8-11,13,18H,1-3,7,12,14H2,(H,23,24). The minimum Gasteiger partial charge on any atom is -0.481 e. The molecule has 1 atom stereocenters. The number of likely N-dealkylation sites (tertiary alicyclic amines) is 1. The summed E-state index contributed by atoms with van der Waals surface area (Å²) in [7, 11) is 0. The molecule has 1 fully saturated rings. The summed E-state index contributed by atoms with van der Waals surface area (Å²) in [5.74, 6) is -0.926. The summed E-state index contributed by atoms with van der Waals surface area (Å²) < 4.78 is 0. The summed E-state index contributed by atoms with van der Waals surface area (Å²) in [6.45, 7) is 0.717. The Bertz CT molecular complexity index is 746. The number of carbonyl (C=O) groups excluding carboxylic acids is 1. The molecule has 1 amide bonds. The van der Waals surface area contributed by atoms with Crippen LogP contribution in [0.1, 0.15) is 53.2 Å². The number of carboxylic acids is 1. The van der Waals surface area contributed by atoms with Crippen molar-refractivity contribution in [3.63, 3.8) is 0 Å². The Balaban J connectivity index is 1.88. The van der Waals surface area contributed by atoms with E-state index in [1.165, 1.54) is 0 Å². The molecular weight excluding hydrogens is 316 g/mol. The maximum atomic E-state index is 13.1. The van der Waals surface area contributed by atoms with E-state index in [1.54, 1.807) is 36.7 Å². The molecule has 0 spiro atoms. The van der Waals surface area contributed by atoms with E-state index in [0.717, 1.165) is 37.8 Å². The maximum Gasteiger partial charge on any atom is 0.307 e. The van der Waals surface area contributed by atoms with Crippen LogP contribution in [0.3, 0.4) is 0 Å². The van der Waals surface area contributed by atoms with Crippen LogP contribution in [0.2, 0.25) is 0 Å². The first-order valence-electron chi connectivity index (χ1n) is 8.67. The zero-order valence-electron chi connectivity index (χ0n) is 14.1. The van der Waals surface area contributed by atoms with Crippen LogP contribution in [-0.4, -0.2) is 33.4 Å². The number of hydrogen-bond acceptors (Lipinski definition) is 3. The number of aromatic nitrogens is 1. The topological polar surface area (TPSA) is 70.5 Å². The minimum atomic E-state index is -0.894. The Kier molecular flexibility index (Phi) is 5.43. The highest BCUT2D eigenvalue weighted by Crippen LogP contribution is 2.31. The lowest BCUT2D eigenvalue weighted by Gasteiger charge is -2.30. The van der Waals surface area contributed by atoms with E-state index in [9.17, 15) is 9.59 Å². The smallest absolute Gasteiger partial charge is 0.307 e. The summed E-state index contributed by atoms with van der Waals surface area (Å²) in [6.07, 6.45) is 7.58. The van der Waals surface area contributed by atoms with Gasteiger partial charge in [0.15, 0.2) is 0 Å². The molecule has 130 valence electrons. The fourth-order valence-corrected chi connectivity index (χ4v) is 3.44. The molecule has 0 aliphatic carbocycles. The van der Waals surface area contributed by atoms with Crippen molar-refractivity contribution in [3.05, 3.63) is 65.5 Å². The summed E-state index contributed by atoms with van der Waals surface area (Å²) in [4.78, 5) is 30.1. The Morgan fingerprint density at radius 2 is 1.92 bits per heavy atom. The van der Waals surface area contributed by atoms with Gasteiger partial charge in [-0.25, -0.2) is 0 Å². The quantitative estimate of drug-likeness (QED) is 0.927. The molecule has 3 rings (SSSR count). The van der Waals surface area contributed by atoms with Crippen LogP contribution in [0.4, 0.5) is 0 Å². The first-order chi connectivity index (χ1) is 12.1. The van der Waals surface area contributed by atoms with Crippen LogP contribution in [0.15, 0.2) is 48.8 Å². The highest BCUT2D eigenvalue weighted by Gasteiger charge is 2.27. The molecule has 2 aromatic rings. The Morgan fingerprint density at radius 3 is 2.68 bits per heavy atom. The predicted octanol–water partition coefficient (Wildman–Crippen LogP) is 3.47. The fraction of sp³-hybridized carbons (Fsp3) is 0.350. The van der Waals surface area contributed by atoms with Crippen LogP contribution < -0.4 is 0 Å². The van der Waals surface area contributed by atoms with Crippen LogP contribution >= 0.6 is 0 Å². The van der Waals surface area contributed by atoms with Crippen LogP contribution in [-0.2, 0) is 11.2 Å². The summed E-state index contributed by atoms with van der Waals surface area (Å²) in [5.41, 5.74) is 2.31. The lowest BCUT2D eigenvalue weighted by molar-refractivity contribution is -0.136. The van der Waals surface area contributed by atoms with E-state index >= 15 is 0 Å². The van der Waals surface area contributed by atoms with Crippen LogP contribution in [0, 0.1) is 0 Å². The number of carbonyl (C=O) groups is 2. The fourth-order valence-electron chi connectivity index (χ4n) is 3.44. The summed E-state index contributed by atoms with van der Waals surface area (Å²) in [6, 6.07) is 10.9. The van der Waals surface area contributed by atoms with Gasteiger partial charge in [-0.2, -0.15) is 0 Å². The van der Waals surface area contributed by atoms with Gasteiger partial charge < -0.3 is 10.0 Å². The van der Waals surface area contributed by atoms with E-state index in [1.807, 2.05) is 17.0 Å². The van der Waals surface area contributed by atoms with Crippen molar-refractivity contribution >= 4 is 11.9 Å². The second-order valence-corrected chi connectivity index (χ2v) is 6.42. The van der Waals surface area contributed by atoms with E-state index in [4.69, 9.17) is 5.11 Å². The molecule has 2 heterocycles. The van der Waals surface area contributed by atoms with Crippen molar-refractivity contribution in [2.45, 2.75) is 38.1 Å². The average molecular weight is 338 g/mol. The molecule has 0 saturated carbocycles. The van der Waals surface area contributed by atoms with Gasteiger partial charge >= 0.3 is 5.97 Å². The number of aliphatic carboxylic acids is 1. The number of benzene rings is 1. The van der Waals surface area contributed by atoms with E-state index in [-0.39, 0.29) is 18.4 Å². The number of hydrogen-bond donors (Lipinski definition) is 1. The second-order valence-electron chi connectivity index (χ2n) is 6.42. The van der Waals surface area contributed by atoms with Gasteiger partial charge in [0.25, 0.3) is 5.91 Å². The molecule has 1 aliphatic rings. The molecule has 1 aromatic heterocycles. The second kappa shape index (κ2) is 7.92. The molecule has 5 heteroatoms. The molecule has 1 N–H and O–H groups in total. The Hall–Kier alpha value is -2.69. The molecule has 0 bridgehead atoms. The average Bonchev–Trinajstić information content (AvgIpc) is 2.87. The number of carboxylic acid groups (broad SMARTS) is 1. The number of pyridine rings is 1. The zero-order chi connectivity index (χ0) is 17.6. The molecule has 1 aliphatic heterocycles. The van der Waals surface area contributed by atoms with E-state index < -0.39 is 5.97 Å². The van der Waals surface area contributed by atoms with Gasteiger partial charge in [0.2, 0.25) is 0 Å². The van der Waals surface area contributed by atoms with Gasteiger partial charge in [-0.1, -0.05) is 25.0 Å². The maximum absolute atomic E-state index is 13.1. The highest BCUT2D eigenvalue weighted by atomic mass is 16.4. The Labute approximate surface area is 147 Å². The number of rotatable bonds is 4. The molecule has 1 unspecified atom stereocenters. The SMILES string of the molecule is O=C(O)Cc1cccc(C(=O)N2CCCCCC2c2ccncc2)c1. The zero-order valence-corrected chi connectivity index (χ0v) is 14.1.